The summed E-state index contributed by atoms with van der Waals surface area (Å²) in [6.07, 6.45) is 0. The second-order valence-electron chi connectivity index (χ2n) is 5.49. The average Bonchev–Trinajstić information content (AvgIpc) is 2.92. The van der Waals surface area contributed by atoms with Gasteiger partial charge in [0.25, 0.3) is 5.56 Å². The van der Waals surface area contributed by atoms with Gasteiger partial charge in [0.2, 0.25) is 5.95 Å². The second-order valence-corrected chi connectivity index (χ2v) is 6.47. The molecule has 6 N–H and O–H groups in total. The lowest BCUT2D eigenvalue weighted by Crippen LogP contribution is -2.32. The molecule has 2 aromatic heterocycles. The molecule has 0 aliphatic rings. The van der Waals surface area contributed by atoms with Crippen LogP contribution in [0.4, 0.5) is 10.3 Å². The Labute approximate surface area is 150 Å². The van der Waals surface area contributed by atoms with E-state index in [9.17, 15) is 14.0 Å². The number of fused-ring (bicyclic) bond motifs is 1. The molecule has 2 heterocycles. The number of nitrogen functional groups attached to an aromatic ring is 1. The largest absolute Gasteiger partial charge is 0.480 e. The van der Waals surface area contributed by atoms with Gasteiger partial charge in [0.1, 0.15) is 11.9 Å². The Hall–Kier alpha value is -2.92. The highest BCUT2D eigenvalue weighted by molar-refractivity contribution is 7.99. The number of rotatable bonds is 6. The van der Waals surface area contributed by atoms with E-state index in [0.717, 1.165) is 17.3 Å². The molecule has 0 unspecified atom stereocenters. The quantitative estimate of drug-likeness (QED) is 0.449. The zero-order valence-corrected chi connectivity index (χ0v) is 14.2. The number of halogens is 1. The van der Waals surface area contributed by atoms with Crippen molar-refractivity contribution in [2.24, 2.45) is 5.73 Å². The fraction of sp³-hybridized carbons (Fsp3) is 0.200. The van der Waals surface area contributed by atoms with Crippen molar-refractivity contribution >= 4 is 34.8 Å². The van der Waals surface area contributed by atoms with Crippen molar-refractivity contribution in [1.29, 1.82) is 0 Å². The number of H-pyrrole nitrogens is 1. The molecule has 0 aliphatic heterocycles. The fourth-order valence-corrected chi connectivity index (χ4v) is 3.20. The van der Waals surface area contributed by atoms with Gasteiger partial charge < -0.3 is 16.6 Å². The first-order valence-electron chi connectivity index (χ1n) is 7.47. The maximum Gasteiger partial charge on any atom is 0.321 e. The summed E-state index contributed by atoms with van der Waals surface area (Å²) in [5.74, 6) is -1.53. The fourth-order valence-electron chi connectivity index (χ4n) is 2.27. The molecule has 1 aromatic carbocycles. The van der Waals surface area contributed by atoms with Crippen LogP contribution in [0.25, 0.3) is 11.2 Å². The lowest BCUT2D eigenvalue weighted by atomic mass is 10.2. The number of nitrogens with two attached hydrogens (primary N) is 2. The molecule has 0 spiro atoms. The molecular weight excluding hydrogens is 363 g/mol. The minimum atomic E-state index is -1.14. The van der Waals surface area contributed by atoms with Gasteiger partial charge in [0.05, 0.1) is 6.54 Å². The maximum atomic E-state index is 13.1. The number of carboxylic acid groups (broad SMARTS) is 1. The monoisotopic (exact) mass is 378 g/mol. The van der Waals surface area contributed by atoms with Crippen LogP contribution >= 0.6 is 11.8 Å². The van der Waals surface area contributed by atoms with Gasteiger partial charge in [-0.05, 0) is 17.7 Å². The minimum Gasteiger partial charge on any atom is -0.480 e. The number of aromatic nitrogens is 4. The van der Waals surface area contributed by atoms with Crippen LogP contribution in [0.2, 0.25) is 0 Å². The standard InChI is InChI=1S/C15H15FN6O3S/c16-8-3-1-7(2-4-8)5-22-11-10(12(23)21-14(18)20-11)19-15(22)26-6-9(17)13(24)25/h1-4,9H,5-6,17H2,(H,24,25)(H3,18,20,21,23)/t9-/m0/s1. The topological polar surface area (TPSA) is 153 Å². The first-order chi connectivity index (χ1) is 12.3. The Balaban J connectivity index is 2.04. The molecule has 0 bridgehead atoms. The summed E-state index contributed by atoms with van der Waals surface area (Å²) in [6, 6.07) is 4.73. The van der Waals surface area contributed by atoms with E-state index in [4.69, 9.17) is 16.6 Å². The predicted molar refractivity (Wildman–Crippen MR) is 94.4 cm³/mol. The molecule has 0 aliphatic carbocycles. The van der Waals surface area contributed by atoms with Gasteiger partial charge in [0, 0.05) is 5.75 Å². The van der Waals surface area contributed by atoms with Crippen molar-refractivity contribution in [2.45, 2.75) is 17.7 Å². The van der Waals surface area contributed by atoms with E-state index >= 15 is 0 Å². The van der Waals surface area contributed by atoms with Crippen molar-refractivity contribution < 1.29 is 14.3 Å². The van der Waals surface area contributed by atoms with E-state index in [2.05, 4.69) is 15.0 Å². The summed E-state index contributed by atoms with van der Waals surface area (Å²) in [5.41, 5.74) is 11.7. The summed E-state index contributed by atoms with van der Waals surface area (Å²) in [6.45, 7) is 0.247. The summed E-state index contributed by atoms with van der Waals surface area (Å²) in [4.78, 5) is 33.7. The number of benzene rings is 1. The highest BCUT2D eigenvalue weighted by atomic mass is 32.2. The van der Waals surface area contributed by atoms with E-state index < -0.39 is 17.6 Å². The van der Waals surface area contributed by atoms with Gasteiger partial charge in [-0.2, -0.15) is 4.98 Å². The lowest BCUT2D eigenvalue weighted by molar-refractivity contribution is -0.137. The van der Waals surface area contributed by atoms with Gasteiger partial charge in [-0.15, -0.1) is 0 Å². The number of nitrogens with one attached hydrogen (secondary N) is 1. The molecular formula is C15H15FN6O3S. The van der Waals surface area contributed by atoms with Gasteiger partial charge in [-0.3, -0.25) is 19.1 Å². The molecule has 0 amide bonds. The molecule has 11 heteroatoms. The van der Waals surface area contributed by atoms with Gasteiger partial charge >= 0.3 is 5.97 Å². The number of carbonyl (C=O) groups is 1. The third-order valence-electron chi connectivity index (χ3n) is 3.55. The summed E-state index contributed by atoms with van der Waals surface area (Å²) < 4.78 is 14.7. The molecule has 26 heavy (non-hydrogen) atoms. The number of hydrogen-bond acceptors (Lipinski definition) is 7. The van der Waals surface area contributed by atoms with Crippen LogP contribution in [0, 0.1) is 5.82 Å². The van der Waals surface area contributed by atoms with Crippen molar-refractivity contribution in [3.8, 4) is 0 Å². The van der Waals surface area contributed by atoms with Crippen molar-refractivity contribution in [2.75, 3.05) is 11.5 Å². The van der Waals surface area contributed by atoms with Crippen molar-refractivity contribution in [3.63, 3.8) is 0 Å². The van der Waals surface area contributed by atoms with E-state index in [1.807, 2.05) is 0 Å². The third-order valence-corrected chi connectivity index (χ3v) is 4.65. The van der Waals surface area contributed by atoms with Gasteiger partial charge in [-0.1, -0.05) is 23.9 Å². The number of anilines is 1. The van der Waals surface area contributed by atoms with Crippen molar-refractivity contribution in [1.82, 2.24) is 19.5 Å². The molecule has 1 atom stereocenters. The SMILES string of the molecule is Nc1nc2c(nc(SC[C@H](N)C(=O)O)n2Cc2ccc(F)cc2)c(=O)[nH]1. The van der Waals surface area contributed by atoms with E-state index in [-0.39, 0.29) is 35.2 Å². The average molecular weight is 378 g/mol. The number of thioether (sulfide) groups is 1. The van der Waals surface area contributed by atoms with Crippen LogP contribution in [-0.4, -0.2) is 42.4 Å². The summed E-state index contributed by atoms with van der Waals surface area (Å²) in [7, 11) is 0. The third kappa shape index (κ3) is 3.68. The molecule has 3 rings (SSSR count). The highest BCUT2D eigenvalue weighted by Crippen LogP contribution is 2.23. The Bertz CT molecular complexity index is 1020. The van der Waals surface area contributed by atoms with Crippen LogP contribution in [0.5, 0.6) is 0 Å². The molecule has 0 radical (unpaired) electrons. The first kappa shape index (κ1) is 17.9. The number of hydrogen-bond donors (Lipinski definition) is 4. The lowest BCUT2D eigenvalue weighted by Gasteiger charge is -2.10. The Morgan fingerprint density at radius 1 is 1.35 bits per heavy atom. The molecule has 3 aromatic rings. The second kappa shape index (κ2) is 7.14. The number of carboxylic acids is 1. The Morgan fingerprint density at radius 2 is 2.04 bits per heavy atom. The zero-order valence-electron chi connectivity index (χ0n) is 13.3. The van der Waals surface area contributed by atoms with E-state index in [0.29, 0.717) is 5.16 Å². The van der Waals surface area contributed by atoms with Crippen LogP contribution in [0.1, 0.15) is 5.56 Å². The van der Waals surface area contributed by atoms with Crippen LogP contribution in [0.15, 0.2) is 34.2 Å². The maximum absolute atomic E-state index is 13.1. The summed E-state index contributed by atoms with van der Waals surface area (Å²) in [5, 5.41) is 9.29. The molecule has 0 saturated carbocycles. The highest BCUT2D eigenvalue weighted by Gasteiger charge is 2.19. The zero-order chi connectivity index (χ0) is 18.8. The predicted octanol–water partition coefficient (Wildman–Crippen LogP) is 0.393. The van der Waals surface area contributed by atoms with Gasteiger partial charge in [0.15, 0.2) is 16.3 Å². The minimum absolute atomic E-state index is 0.0511. The van der Waals surface area contributed by atoms with E-state index in [1.165, 1.54) is 12.1 Å². The van der Waals surface area contributed by atoms with E-state index in [1.54, 1.807) is 16.7 Å². The normalized spacial score (nSPS) is 12.4. The number of aliphatic carboxylic acids is 1. The number of imidazole rings is 1. The van der Waals surface area contributed by atoms with Gasteiger partial charge in [-0.25, -0.2) is 9.37 Å². The molecule has 0 fully saturated rings. The first-order valence-corrected chi connectivity index (χ1v) is 8.45. The number of aromatic amines is 1. The Kier molecular flexibility index (Phi) is 4.91. The Morgan fingerprint density at radius 3 is 2.69 bits per heavy atom. The van der Waals surface area contributed by atoms with Crippen LogP contribution < -0.4 is 17.0 Å². The number of nitrogens with zero attached hydrogens (tertiary/aromatic N) is 3. The smallest absolute Gasteiger partial charge is 0.321 e. The van der Waals surface area contributed by atoms with Crippen molar-refractivity contribution in [3.05, 3.63) is 46.0 Å². The van der Waals surface area contributed by atoms with Crippen LogP contribution in [0.3, 0.4) is 0 Å². The summed E-state index contributed by atoms with van der Waals surface area (Å²) >= 11 is 1.08. The molecule has 9 nitrogen and oxygen atoms in total. The van der Waals surface area contributed by atoms with Crippen LogP contribution in [-0.2, 0) is 11.3 Å². The molecule has 0 saturated heterocycles. The molecule has 136 valence electrons.